The van der Waals surface area contributed by atoms with Crippen LogP contribution >= 0.6 is 0 Å². The Balaban J connectivity index is 2.06. The number of hydrogen-bond donors (Lipinski definition) is 4. The molecular formula is C19H21F3N4O3. The van der Waals surface area contributed by atoms with Crippen LogP contribution in [0.5, 0.6) is 0 Å². The topological polar surface area (TPSA) is 103 Å². The lowest BCUT2D eigenvalue weighted by atomic mass is 10.0. The summed E-state index contributed by atoms with van der Waals surface area (Å²) in [5.41, 5.74) is -1.70. The summed E-state index contributed by atoms with van der Waals surface area (Å²) < 4.78 is 38.5. The van der Waals surface area contributed by atoms with Crippen LogP contribution in [0.3, 0.4) is 0 Å². The lowest BCUT2D eigenvalue weighted by molar-refractivity contribution is -0.137. The normalized spacial score (nSPS) is 12.3. The van der Waals surface area contributed by atoms with Crippen molar-refractivity contribution < 1.29 is 22.8 Å². The van der Waals surface area contributed by atoms with Crippen molar-refractivity contribution in [2.75, 3.05) is 5.32 Å². The number of aromatic amines is 1. The Morgan fingerprint density at radius 2 is 1.79 bits per heavy atom. The smallest absolute Gasteiger partial charge is 0.334 e. The lowest BCUT2D eigenvalue weighted by Gasteiger charge is -2.22. The van der Waals surface area contributed by atoms with Crippen molar-refractivity contribution >= 4 is 17.6 Å². The SMILES string of the molecule is CC(C)C(NC(=O)NCc1ccccc1)C(=O)Nc1cc(C(F)(F)F)c[nH]c1=O. The number of rotatable bonds is 6. The fourth-order valence-electron chi connectivity index (χ4n) is 2.46. The first kappa shape index (κ1) is 22.0. The second-order valence-electron chi connectivity index (χ2n) is 6.65. The number of carbonyl (C=O) groups is 2. The summed E-state index contributed by atoms with van der Waals surface area (Å²) in [5, 5.41) is 7.23. The number of hydrogen-bond acceptors (Lipinski definition) is 3. The van der Waals surface area contributed by atoms with E-state index >= 15 is 0 Å². The third kappa shape index (κ3) is 6.37. The summed E-state index contributed by atoms with van der Waals surface area (Å²) in [4.78, 5) is 38.3. The minimum atomic E-state index is -4.68. The van der Waals surface area contributed by atoms with Gasteiger partial charge in [0, 0.05) is 12.7 Å². The van der Waals surface area contributed by atoms with Crippen LogP contribution in [0, 0.1) is 5.92 Å². The fourth-order valence-corrected chi connectivity index (χ4v) is 2.46. The largest absolute Gasteiger partial charge is 0.417 e. The average molecular weight is 410 g/mol. The first-order chi connectivity index (χ1) is 13.6. The molecule has 0 bridgehead atoms. The van der Waals surface area contributed by atoms with E-state index in [1.807, 2.05) is 35.3 Å². The van der Waals surface area contributed by atoms with E-state index in [-0.39, 0.29) is 12.5 Å². The maximum Gasteiger partial charge on any atom is 0.417 e. The predicted molar refractivity (Wildman–Crippen MR) is 101 cm³/mol. The fraction of sp³-hybridized carbons (Fsp3) is 0.316. The highest BCUT2D eigenvalue weighted by atomic mass is 19.4. The Labute approximate surface area is 164 Å². The summed E-state index contributed by atoms with van der Waals surface area (Å²) in [7, 11) is 0. The number of H-pyrrole nitrogens is 1. The zero-order valence-electron chi connectivity index (χ0n) is 15.8. The van der Waals surface area contributed by atoms with E-state index < -0.39 is 41.0 Å². The molecule has 4 N–H and O–H groups in total. The van der Waals surface area contributed by atoms with Gasteiger partial charge in [0.2, 0.25) is 5.91 Å². The van der Waals surface area contributed by atoms with E-state index in [1.54, 1.807) is 13.8 Å². The summed E-state index contributed by atoms with van der Waals surface area (Å²) in [6.45, 7) is 3.53. The molecule has 3 amide bonds. The second-order valence-corrected chi connectivity index (χ2v) is 6.65. The standard InChI is InChI=1S/C19H21F3N4O3/c1-11(2)15(26-18(29)24-9-12-6-4-3-5-7-12)17(28)25-14-8-13(19(20,21)22)10-23-16(14)27/h3-8,10-11,15H,9H2,1-2H3,(H,23,27)(H,25,28)(H2,24,26,29). The molecule has 0 fully saturated rings. The molecule has 0 spiro atoms. The van der Waals surface area contributed by atoms with E-state index in [0.29, 0.717) is 12.3 Å². The number of halogens is 3. The molecule has 0 aliphatic heterocycles. The molecule has 156 valence electrons. The Kier molecular flexibility index (Phi) is 7.03. The zero-order chi connectivity index (χ0) is 21.6. The van der Waals surface area contributed by atoms with Gasteiger partial charge in [0.1, 0.15) is 11.7 Å². The van der Waals surface area contributed by atoms with E-state index in [2.05, 4.69) is 16.0 Å². The number of alkyl halides is 3. The molecular weight excluding hydrogens is 389 g/mol. The number of amides is 3. The maximum absolute atomic E-state index is 12.8. The van der Waals surface area contributed by atoms with Crippen molar-refractivity contribution in [1.82, 2.24) is 15.6 Å². The van der Waals surface area contributed by atoms with Crippen molar-refractivity contribution in [3.8, 4) is 0 Å². The first-order valence-corrected chi connectivity index (χ1v) is 8.77. The molecule has 0 saturated heterocycles. The molecule has 0 aliphatic carbocycles. The monoisotopic (exact) mass is 410 g/mol. The lowest BCUT2D eigenvalue weighted by Crippen LogP contribution is -2.50. The molecule has 1 aromatic carbocycles. The van der Waals surface area contributed by atoms with Gasteiger partial charge in [-0.3, -0.25) is 9.59 Å². The molecule has 1 unspecified atom stereocenters. The van der Waals surface area contributed by atoms with Crippen molar-refractivity contribution in [3.63, 3.8) is 0 Å². The van der Waals surface area contributed by atoms with Crippen molar-refractivity contribution in [2.24, 2.45) is 5.92 Å². The zero-order valence-corrected chi connectivity index (χ0v) is 15.8. The highest BCUT2D eigenvalue weighted by molar-refractivity contribution is 5.97. The summed E-state index contributed by atoms with van der Waals surface area (Å²) in [6, 6.07) is 7.93. The van der Waals surface area contributed by atoms with E-state index in [0.717, 1.165) is 5.56 Å². The molecule has 0 aliphatic rings. The molecule has 7 nitrogen and oxygen atoms in total. The van der Waals surface area contributed by atoms with Gasteiger partial charge in [-0.1, -0.05) is 44.2 Å². The van der Waals surface area contributed by atoms with Crippen LogP contribution in [-0.2, 0) is 17.5 Å². The molecule has 1 heterocycles. The molecule has 1 atom stereocenters. The van der Waals surface area contributed by atoms with Crippen LogP contribution in [-0.4, -0.2) is 23.0 Å². The van der Waals surface area contributed by atoms with Gasteiger partial charge in [0.15, 0.2) is 0 Å². The van der Waals surface area contributed by atoms with E-state index in [9.17, 15) is 27.6 Å². The van der Waals surface area contributed by atoms with Crippen LogP contribution in [0.1, 0.15) is 25.0 Å². The number of anilines is 1. The summed E-state index contributed by atoms with van der Waals surface area (Å²) in [5.74, 6) is -1.19. The number of carbonyl (C=O) groups excluding carboxylic acids is 2. The van der Waals surface area contributed by atoms with Gasteiger partial charge < -0.3 is 20.9 Å². The van der Waals surface area contributed by atoms with Crippen molar-refractivity contribution in [2.45, 2.75) is 32.6 Å². The molecule has 0 radical (unpaired) electrons. The van der Waals surface area contributed by atoms with Crippen molar-refractivity contribution in [1.29, 1.82) is 0 Å². The highest BCUT2D eigenvalue weighted by Gasteiger charge is 2.32. The van der Waals surface area contributed by atoms with Gasteiger partial charge in [-0.15, -0.1) is 0 Å². The van der Waals surface area contributed by atoms with Gasteiger partial charge in [-0.05, 0) is 17.5 Å². The average Bonchev–Trinajstić information content (AvgIpc) is 2.65. The van der Waals surface area contributed by atoms with E-state index in [1.165, 1.54) is 0 Å². The molecule has 2 aromatic rings. The minimum Gasteiger partial charge on any atom is -0.334 e. The number of urea groups is 1. The van der Waals surface area contributed by atoms with Crippen LogP contribution in [0.4, 0.5) is 23.7 Å². The van der Waals surface area contributed by atoms with E-state index in [4.69, 9.17) is 0 Å². The van der Waals surface area contributed by atoms with Gasteiger partial charge >= 0.3 is 12.2 Å². The molecule has 0 saturated carbocycles. The molecule has 10 heteroatoms. The van der Waals surface area contributed by atoms with Crippen LogP contribution < -0.4 is 21.5 Å². The third-order valence-corrected chi connectivity index (χ3v) is 4.02. The summed E-state index contributed by atoms with van der Waals surface area (Å²) >= 11 is 0. The number of pyridine rings is 1. The van der Waals surface area contributed by atoms with Gasteiger partial charge in [0.25, 0.3) is 5.56 Å². The highest BCUT2D eigenvalue weighted by Crippen LogP contribution is 2.29. The Hall–Kier alpha value is -3.30. The minimum absolute atomic E-state index is 0.229. The maximum atomic E-state index is 12.8. The molecule has 1 aromatic heterocycles. The predicted octanol–water partition coefficient (Wildman–Crippen LogP) is 2.86. The van der Waals surface area contributed by atoms with Crippen LogP contribution in [0.15, 0.2) is 47.4 Å². The van der Waals surface area contributed by atoms with Crippen LogP contribution in [0.2, 0.25) is 0 Å². The third-order valence-electron chi connectivity index (χ3n) is 4.02. The number of aromatic nitrogens is 1. The number of nitrogens with one attached hydrogen (secondary N) is 4. The quantitative estimate of drug-likeness (QED) is 0.589. The second kappa shape index (κ2) is 9.26. The Morgan fingerprint density at radius 1 is 1.14 bits per heavy atom. The van der Waals surface area contributed by atoms with Gasteiger partial charge in [0.05, 0.1) is 5.56 Å². The molecule has 2 rings (SSSR count). The van der Waals surface area contributed by atoms with Gasteiger partial charge in [-0.2, -0.15) is 13.2 Å². The number of benzene rings is 1. The molecule has 29 heavy (non-hydrogen) atoms. The van der Waals surface area contributed by atoms with Crippen LogP contribution in [0.25, 0.3) is 0 Å². The van der Waals surface area contributed by atoms with Crippen molar-refractivity contribution in [3.05, 3.63) is 64.1 Å². The first-order valence-electron chi connectivity index (χ1n) is 8.77. The van der Waals surface area contributed by atoms with Gasteiger partial charge in [-0.25, -0.2) is 4.79 Å². The Bertz CT molecular complexity index is 911. The summed E-state index contributed by atoms with van der Waals surface area (Å²) in [6.07, 6.45) is -4.16. The Morgan fingerprint density at radius 3 is 2.38 bits per heavy atom.